The van der Waals surface area contributed by atoms with Gasteiger partial charge in [0.25, 0.3) is 11.3 Å². The molecule has 3 N–H and O–H groups in total. The third-order valence-corrected chi connectivity index (χ3v) is 8.33. The molecule has 1 fully saturated rings. The SMILES string of the molecule is Cc1ccc(-c2cccc(-c3nn(-c4nc(C(=O)O)cs4)c(CC4CC4)c3Cc3ccc(NS(=O)O)c(F)c3)c2)nc1. The number of hydrogen-bond donors (Lipinski definition) is 3. The second kappa shape index (κ2) is 11.6. The fourth-order valence-corrected chi connectivity index (χ4v) is 5.97. The maximum atomic E-state index is 14.9. The van der Waals surface area contributed by atoms with Crippen molar-refractivity contribution in [3.8, 4) is 27.6 Å². The number of carboxylic acids is 1. The van der Waals surface area contributed by atoms with Gasteiger partial charge in [-0.05, 0) is 67.5 Å². The Morgan fingerprint density at radius 2 is 1.98 bits per heavy atom. The number of carbonyl (C=O) groups is 1. The molecule has 0 aliphatic heterocycles. The molecule has 1 unspecified atom stereocenters. The lowest BCUT2D eigenvalue weighted by Crippen LogP contribution is -2.07. The number of anilines is 1. The zero-order valence-corrected chi connectivity index (χ0v) is 24.1. The molecule has 0 radical (unpaired) electrons. The first kappa shape index (κ1) is 27.9. The third-order valence-electron chi connectivity index (χ3n) is 7.12. The van der Waals surface area contributed by atoms with Crippen molar-refractivity contribution in [2.24, 2.45) is 5.92 Å². The van der Waals surface area contributed by atoms with E-state index in [1.807, 2.05) is 49.5 Å². The lowest BCUT2D eigenvalue weighted by atomic mass is 9.95. The van der Waals surface area contributed by atoms with Crippen LogP contribution in [0, 0.1) is 18.7 Å². The molecule has 9 nitrogen and oxygen atoms in total. The molecular weight excluding hydrogens is 577 g/mol. The zero-order valence-electron chi connectivity index (χ0n) is 22.5. The normalized spacial score (nSPS) is 13.7. The van der Waals surface area contributed by atoms with E-state index in [0.717, 1.165) is 52.9 Å². The summed E-state index contributed by atoms with van der Waals surface area (Å²) >= 11 is -1.19. The molecule has 5 aromatic rings. The van der Waals surface area contributed by atoms with Gasteiger partial charge < -0.3 is 5.11 Å². The summed E-state index contributed by atoms with van der Waals surface area (Å²) < 4.78 is 39.1. The third kappa shape index (κ3) is 6.01. The lowest BCUT2D eigenvalue weighted by Gasteiger charge is -2.11. The minimum Gasteiger partial charge on any atom is -0.476 e. The quantitative estimate of drug-likeness (QED) is 0.160. The van der Waals surface area contributed by atoms with Crippen molar-refractivity contribution >= 4 is 34.3 Å². The van der Waals surface area contributed by atoms with E-state index in [0.29, 0.717) is 28.7 Å². The number of hydrogen-bond acceptors (Lipinski definition) is 6. The summed E-state index contributed by atoms with van der Waals surface area (Å²) in [6, 6.07) is 16.4. The highest BCUT2D eigenvalue weighted by Gasteiger charge is 2.29. The number of aryl methyl sites for hydroxylation is 1. The van der Waals surface area contributed by atoms with Crippen molar-refractivity contribution < 1.29 is 23.1 Å². The Hall–Kier alpha value is -4.26. The number of thiazole rings is 1. The second-order valence-electron chi connectivity index (χ2n) is 10.3. The summed E-state index contributed by atoms with van der Waals surface area (Å²) in [6.45, 7) is 1.98. The van der Waals surface area contributed by atoms with Crippen LogP contribution in [0.1, 0.15) is 45.7 Å². The van der Waals surface area contributed by atoms with Crippen LogP contribution in [-0.2, 0) is 24.1 Å². The first-order chi connectivity index (χ1) is 20.2. The lowest BCUT2D eigenvalue weighted by molar-refractivity contribution is 0.0691. The van der Waals surface area contributed by atoms with E-state index in [1.54, 1.807) is 10.7 Å². The van der Waals surface area contributed by atoms with Crippen molar-refractivity contribution in [2.45, 2.75) is 32.6 Å². The van der Waals surface area contributed by atoms with Gasteiger partial charge in [-0.1, -0.05) is 30.3 Å². The number of rotatable bonds is 10. The minimum absolute atomic E-state index is 0.0511. The summed E-state index contributed by atoms with van der Waals surface area (Å²) in [5.41, 5.74) is 6.63. The van der Waals surface area contributed by atoms with Crippen LogP contribution >= 0.6 is 11.3 Å². The van der Waals surface area contributed by atoms with Gasteiger partial charge in [0.15, 0.2) is 5.69 Å². The standard InChI is InChI=1S/C30H26FN5O4S2/c1-17-5-9-24(32-15-17)20-3-2-4-21(14-20)28-22(11-19-8-10-25(23(31)12-19)35-42(39)40)27(13-18-6-7-18)36(34-28)30-33-26(16-41-30)29(37)38/h2-5,8-10,12,14-16,18,35H,6-7,11,13H2,1H3,(H,37,38)(H,39,40). The summed E-state index contributed by atoms with van der Waals surface area (Å²) in [5, 5.41) is 16.4. The molecule has 1 saturated carbocycles. The Morgan fingerprint density at radius 1 is 1.17 bits per heavy atom. The summed E-state index contributed by atoms with van der Waals surface area (Å²) in [5.74, 6) is -1.29. The summed E-state index contributed by atoms with van der Waals surface area (Å²) in [6.07, 6.45) is 5.04. The number of nitrogens with zero attached hydrogens (tertiary/aromatic N) is 4. The number of pyridine rings is 1. The van der Waals surface area contributed by atoms with E-state index in [-0.39, 0.29) is 11.4 Å². The molecule has 12 heteroatoms. The molecule has 3 aromatic heterocycles. The number of halogens is 1. The average Bonchev–Trinajstić information content (AvgIpc) is 3.52. The Morgan fingerprint density at radius 3 is 2.64 bits per heavy atom. The highest BCUT2D eigenvalue weighted by molar-refractivity contribution is 7.80. The van der Waals surface area contributed by atoms with Crippen molar-refractivity contribution in [3.63, 3.8) is 0 Å². The van der Waals surface area contributed by atoms with Crippen LogP contribution in [-0.4, -0.2) is 39.6 Å². The molecule has 0 amide bonds. The van der Waals surface area contributed by atoms with Crippen molar-refractivity contribution in [1.82, 2.24) is 19.7 Å². The first-order valence-corrected chi connectivity index (χ1v) is 15.2. The van der Waals surface area contributed by atoms with E-state index in [1.165, 1.54) is 28.8 Å². The van der Waals surface area contributed by atoms with Crippen molar-refractivity contribution in [3.05, 3.63) is 100 Å². The van der Waals surface area contributed by atoms with Crippen LogP contribution in [0.15, 0.2) is 66.2 Å². The van der Waals surface area contributed by atoms with E-state index in [9.17, 15) is 18.5 Å². The molecule has 2 aromatic carbocycles. The number of aromatic nitrogens is 4. The number of nitrogens with one attached hydrogen (secondary N) is 1. The summed E-state index contributed by atoms with van der Waals surface area (Å²) in [7, 11) is 0. The maximum Gasteiger partial charge on any atom is 0.355 e. The topological polar surface area (TPSA) is 130 Å². The van der Waals surface area contributed by atoms with E-state index in [4.69, 9.17) is 9.65 Å². The van der Waals surface area contributed by atoms with Crippen LogP contribution in [0.4, 0.5) is 10.1 Å². The van der Waals surface area contributed by atoms with E-state index < -0.39 is 23.1 Å². The minimum atomic E-state index is -2.40. The molecule has 3 heterocycles. The van der Waals surface area contributed by atoms with Gasteiger partial charge in [-0.2, -0.15) is 5.10 Å². The zero-order chi connectivity index (χ0) is 29.4. The largest absolute Gasteiger partial charge is 0.476 e. The fourth-order valence-electron chi connectivity index (χ4n) is 4.84. The predicted molar refractivity (Wildman–Crippen MR) is 160 cm³/mol. The summed E-state index contributed by atoms with van der Waals surface area (Å²) in [4.78, 5) is 20.5. The second-order valence-corrected chi connectivity index (χ2v) is 11.8. The Labute approximate surface area is 247 Å². The van der Waals surface area contributed by atoms with Crippen molar-refractivity contribution in [1.29, 1.82) is 0 Å². The molecule has 0 spiro atoms. The molecule has 42 heavy (non-hydrogen) atoms. The highest BCUT2D eigenvalue weighted by atomic mass is 32.2. The van der Waals surface area contributed by atoms with Gasteiger partial charge in [0.05, 0.1) is 22.8 Å². The molecule has 1 atom stereocenters. The van der Waals surface area contributed by atoms with Crippen molar-refractivity contribution in [2.75, 3.05) is 4.72 Å². The number of aromatic carboxylic acids is 1. The van der Waals surface area contributed by atoms with Crippen LogP contribution in [0.25, 0.3) is 27.6 Å². The van der Waals surface area contributed by atoms with Crippen LogP contribution < -0.4 is 4.72 Å². The number of benzene rings is 2. The molecule has 1 aliphatic rings. The van der Waals surface area contributed by atoms with Gasteiger partial charge in [-0.15, -0.1) is 11.3 Å². The molecule has 0 bridgehead atoms. The molecule has 1 aliphatic carbocycles. The van der Waals surface area contributed by atoms with Gasteiger partial charge in [-0.3, -0.25) is 14.3 Å². The smallest absolute Gasteiger partial charge is 0.355 e. The number of carboxylic acid groups (broad SMARTS) is 1. The molecule has 214 valence electrons. The predicted octanol–water partition coefficient (Wildman–Crippen LogP) is 6.30. The van der Waals surface area contributed by atoms with Crippen LogP contribution in [0.2, 0.25) is 0 Å². The molecular formula is C30H26FN5O4S2. The van der Waals surface area contributed by atoms with Crippen LogP contribution in [0.5, 0.6) is 0 Å². The highest BCUT2D eigenvalue weighted by Crippen LogP contribution is 2.39. The first-order valence-electron chi connectivity index (χ1n) is 13.2. The Kier molecular flexibility index (Phi) is 7.67. The maximum absolute atomic E-state index is 14.9. The molecule has 0 saturated heterocycles. The van der Waals surface area contributed by atoms with Gasteiger partial charge in [-0.25, -0.2) is 23.1 Å². The fraction of sp³-hybridized carbons (Fsp3) is 0.200. The average molecular weight is 604 g/mol. The van der Waals surface area contributed by atoms with Gasteiger partial charge >= 0.3 is 5.97 Å². The van der Waals surface area contributed by atoms with E-state index >= 15 is 0 Å². The van der Waals surface area contributed by atoms with Gasteiger partial charge in [0, 0.05) is 34.7 Å². The molecule has 6 rings (SSSR count). The van der Waals surface area contributed by atoms with Gasteiger partial charge in [0.1, 0.15) is 5.82 Å². The van der Waals surface area contributed by atoms with Gasteiger partial charge in [0.2, 0.25) is 5.13 Å². The Bertz CT molecular complexity index is 1810. The monoisotopic (exact) mass is 603 g/mol. The van der Waals surface area contributed by atoms with E-state index in [2.05, 4.69) is 14.7 Å². The Balaban J connectivity index is 1.50. The van der Waals surface area contributed by atoms with Crippen LogP contribution in [0.3, 0.4) is 0 Å².